The van der Waals surface area contributed by atoms with Gasteiger partial charge >= 0.3 is 0 Å². The Labute approximate surface area is 202 Å². The van der Waals surface area contributed by atoms with Crippen molar-refractivity contribution in [3.05, 3.63) is 46.9 Å². The number of benzene rings is 1. The van der Waals surface area contributed by atoms with Crippen molar-refractivity contribution in [3.8, 4) is 17.0 Å². The number of carbonyl (C=O) groups excluding carboxylic acids is 1. The Hall–Kier alpha value is -2.19. The van der Waals surface area contributed by atoms with E-state index in [-0.39, 0.29) is 47.7 Å². The zero-order valence-electron chi connectivity index (χ0n) is 17.3. The van der Waals surface area contributed by atoms with Gasteiger partial charge in [-0.15, -0.1) is 24.8 Å². The Balaban J connectivity index is 0.00000181. The number of nitrogens with two attached hydrogens (primary N) is 1. The van der Waals surface area contributed by atoms with E-state index >= 15 is 0 Å². The van der Waals surface area contributed by atoms with Crippen molar-refractivity contribution in [1.82, 2.24) is 9.97 Å². The molecule has 2 heterocycles. The summed E-state index contributed by atoms with van der Waals surface area (Å²) in [5.74, 6) is -1.54. The van der Waals surface area contributed by atoms with Crippen molar-refractivity contribution in [2.24, 2.45) is 5.73 Å². The molecule has 0 saturated heterocycles. The molecule has 6 nitrogen and oxygen atoms in total. The van der Waals surface area contributed by atoms with Gasteiger partial charge in [0.15, 0.2) is 17.3 Å². The third-order valence-electron chi connectivity index (χ3n) is 5.53. The minimum absolute atomic E-state index is 0. The highest BCUT2D eigenvalue weighted by Crippen LogP contribution is 2.34. The maximum Gasteiger partial charge on any atom is 0.170 e. The number of carbonyl (C=O) groups is 1. The number of Topliss-reactive ketones (excluding diaryl/α,β-unsaturated/α-hetero) is 1. The second-order valence-electron chi connectivity index (χ2n) is 7.71. The summed E-state index contributed by atoms with van der Waals surface area (Å²) in [4.78, 5) is 21.3. The lowest BCUT2D eigenvalue weighted by molar-refractivity contribution is 0.101. The maximum absolute atomic E-state index is 14.0. The Kier molecular flexibility index (Phi) is 8.65. The zero-order valence-corrected chi connectivity index (χ0v) is 19.7. The van der Waals surface area contributed by atoms with Gasteiger partial charge in [-0.1, -0.05) is 11.6 Å². The molecule has 32 heavy (non-hydrogen) atoms. The maximum atomic E-state index is 14.0. The fourth-order valence-corrected chi connectivity index (χ4v) is 4.03. The third kappa shape index (κ3) is 5.23. The molecule has 1 fully saturated rings. The van der Waals surface area contributed by atoms with Crippen LogP contribution >= 0.6 is 36.4 Å². The monoisotopic (exact) mass is 500 g/mol. The number of aromatic hydroxyl groups is 1. The van der Waals surface area contributed by atoms with Gasteiger partial charge in [0.2, 0.25) is 0 Å². The Morgan fingerprint density at radius 3 is 2.53 bits per heavy atom. The molecule has 1 aromatic carbocycles. The zero-order chi connectivity index (χ0) is 21.4. The number of phenols is 1. The predicted octanol–water partition coefficient (Wildman–Crippen LogP) is 5.52. The molecule has 3 aromatic rings. The Bertz CT molecular complexity index is 1110. The molecular weight excluding hydrogens is 478 g/mol. The van der Waals surface area contributed by atoms with E-state index in [2.05, 4.69) is 15.3 Å². The lowest BCUT2D eigenvalue weighted by Crippen LogP contribution is -2.33. The number of rotatable bonds is 4. The number of aromatic nitrogens is 2. The van der Waals surface area contributed by atoms with Gasteiger partial charge in [0, 0.05) is 23.8 Å². The van der Waals surface area contributed by atoms with Crippen molar-refractivity contribution in [2.75, 3.05) is 5.32 Å². The Morgan fingerprint density at radius 2 is 1.91 bits per heavy atom. The van der Waals surface area contributed by atoms with Gasteiger partial charge in [0.25, 0.3) is 0 Å². The van der Waals surface area contributed by atoms with E-state index in [4.69, 9.17) is 17.3 Å². The summed E-state index contributed by atoms with van der Waals surface area (Å²) in [6.45, 7) is 1.49. The summed E-state index contributed by atoms with van der Waals surface area (Å²) >= 11 is 5.93. The second-order valence-corrected chi connectivity index (χ2v) is 8.12. The van der Waals surface area contributed by atoms with Crippen LogP contribution in [0.5, 0.6) is 5.75 Å². The molecule has 4 N–H and O–H groups in total. The number of fused-ring (bicyclic) bond motifs is 1. The van der Waals surface area contributed by atoms with E-state index in [1.165, 1.54) is 19.1 Å². The smallest absolute Gasteiger partial charge is 0.170 e. The largest absolute Gasteiger partial charge is 0.504 e. The van der Waals surface area contributed by atoms with Crippen molar-refractivity contribution >= 4 is 58.9 Å². The molecule has 0 radical (unpaired) electrons. The molecule has 2 aromatic heterocycles. The quantitative estimate of drug-likeness (QED) is 0.407. The first kappa shape index (κ1) is 26.1. The molecule has 1 aliphatic rings. The van der Waals surface area contributed by atoms with E-state index in [0.29, 0.717) is 33.5 Å². The van der Waals surface area contributed by atoms with E-state index in [0.717, 1.165) is 25.7 Å². The predicted molar refractivity (Wildman–Crippen MR) is 130 cm³/mol. The first-order chi connectivity index (χ1) is 14.3. The highest BCUT2D eigenvalue weighted by atomic mass is 35.5. The number of ketones is 1. The Morgan fingerprint density at radius 1 is 1.22 bits per heavy atom. The second kappa shape index (κ2) is 10.6. The van der Waals surface area contributed by atoms with Gasteiger partial charge in [-0.2, -0.15) is 0 Å². The summed E-state index contributed by atoms with van der Waals surface area (Å²) in [5.41, 5.74) is 9.11. The summed E-state index contributed by atoms with van der Waals surface area (Å²) in [7, 11) is 0. The van der Waals surface area contributed by atoms with Gasteiger partial charge < -0.3 is 16.2 Å². The number of hydrogen-bond donors (Lipinski definition) is 3. The number of nitrogens with one attached hydrogen (secondary N) is 1. The molecule has 0 spiro atoms. The SMILES string of the molecule is CC(=O)c1cnc2ccc(-c3cc(F)c(O)c(Cl)c3)nc2c1NC1CCC(N)CC1.Cl.Cl. The van der Waals surface area contributed by atoms with Crippen LogP contribution in [0.25, 0.3) is 22.3 Å². The summed E-state index contributed by atoms with van der Waals surface area (Å²) in [6, 6.07) is 6.48. The lowest BCUT2D eigenvalue weighted by Gasteiger charge is -2.28. The lowest BCUT2D eigenvalue weighted by atomic mass is 9.91. The van der Waals surface area contributed by atoms with Gasteiger partial charge in [0.1, 0.15) is 5.52 Å². The van der Waals surface area contributed by atoms with E-state index in [1.807, 2.05) is 0 Å². The first-order valence-electron chi connectivity index (χ1n) is 9.84. The first-order valence-corrected chi connectivity index (χ1v) is 10.2. The number of hydrogen-bond acceptors (Lipinski definition) is 6. The van der Waals surface area contributed by atoms with Crippen molar-refractivity contribution in [2.45, 2.75) is 44.7 Å². The molecule has 4 rings (SSSR count). The highest BCUT2D eigenvalue weighted by molar-refractivity contribution is 6.32. The van der Waals surface area contributed by atoms with Gasteiger partial charge in [-0.05, 0) is 56.9 Å². The summed E-state index contributed by atoms with van der Waals surface area (Å²) in [6.07, 6.45) is 5.20. The van der Waals surface area contributed by atoms with Crippen LogP contribution < -0.4 is 11.1 Å². The van der Waals surface area contributed by atoms with Crippen molar-refractivity contribution < 1.29 is 14.3 Å². The van der Waals surface area contributed by atoms with Crippen LogP contribution in [0.3, 0.4) is 0 Å². The average molecular weight is 502 g/mol. The van der Waals surface area contributed by atoms with Crippen LogP contribution in [0.4, 0.5) is 10.1 Å². The van der Waals surface area contributed by atoms with Gasteiger partial charge in [0.05, 0.1) is 27.5 Å². The van der Waals surface area contributed by atoms with Gasteiger partial charge in [-0.3, -0.25) is 9.78 Å². The van der Waals surface area contributed by atoms with E-state index < -0.39 is 11.6 Å². The molecule has 0 amide bonds. The van der Waals surface area contributed by atoms with E-state index in [9.17, 15) is 14.3 Å². The minimum atomic E-state index is -0.827. The van der Waals surface area contributed by atoms with E-state index in [1.54, 1.807) is 18.3 Å². The van der Waals surface area contributed by atoms with Crippen molar-refractivity contribution in [3.63, 3.8) is 0 Å². The number of halogens is 4. The number of pyridine rings is 2. The van der Waals surface area contributed by atoms with Gasteiger partial charge in [-0.25, -0.2) is 9.37 Å². The minimum Gasteiger partial charge on any atom is -0.504 e. The number of nitrogens with zero attached hydrogens (tertiary/aromatic N) is 2. The van der Waals surface area contributed by atoms with Crippen LogP contribution in [0, 0.1) is 5.82 Å². The van der Waals surface area contributed by atoms with Crippen LogP contribution in [0.1, 0.15) is 43.0 Å². The molecule has 0 atom stereocenters. The van der Waals surface area contributed by atoms with Crippen LogP contribution in [-0.2, 0) is 0 Å². The number of anilines is 1. The normalized spacial score (nSPS) is 17.9. The van der Waals surface area contributed by atoms with Crippen molar-refractivity contribution in [1.29, 1.82) is 0 Å². The van der Waals surface area contributed by atoms with Crippen LogP contribution in [0.2, 0.25) is 5.02 Å². The molecular formula is C22H24Cl3FN4O2. The molecule has 1 saturated carbocycles. The molecule has 0 aliphatic heterocycles. The summed E-state index contributed by atoms with van der Waals surface area (Å²) < 4.78 is 14.0. The highest BCUT2D eigenvalue weighted by Gasteiger charge is 2.22. The molecule has 0 unspecified atom stereocenters. The fraction of sp³-hybridized carbons (Fsp3) is 0.318. The summed E-state index contributed by atoms with van der Waals surface area (Å²) in [5, 5.41) is 13.0. The number of phenolic OH excluding ortho intramolecular Hbond substituents is 1. The molecule has 0 bridgehead atoms. The third-order valence-corrected chi connectivity index (χ3v) is 5.81. The topological polar surface area (TPSA) is 101 Å². The molecule has 1 aliphatic carbocycles. The fourth-order valence-electron chi connectivity index (χ4n) is 3.82. The molecule has 10 heteroatoms. The van der Waals surface area contributed by atoms with Crippen LogP contribution in [0.15, 0.2) is 30.5 Å². The molecule has 172 valence electrons. The standard InChI is InChI=1S/C22H22ClFN4O2.2ClH/c1-11(29)15-10-26-19-7-6-18(12-8-16(23)22(30)17(24)9-12)28-21(19)20(15)27-14-4-2-13(25)3-5-14;;/h6-10,13-14,30H,2-5,25H2,1H3,(H,26,27);2*1H. The average Bonchev–Trinajstić information content (AvgIpc) is 2.73. The van der Waals surface area contributed by atoms with Crippen LogP contribution in [-0.4, -0.2) is 32.9 Å².